The summed E-state index contributed by atoms with van der Waals surface area (Å²) in [6.07, 6.45) is 0. The fraction of sp³-hybridized carbons (Fsp3) is 0.250. The van der Waals surface area contributed by atoms with Gasteiger partial charge in [-0.25, -0.2) is 0 Å². The van der Waals surface area contributed by atoms with E-state index in [1.165, 1.54) is 10.9 Å². The van der Waals surface area contributed by atoms with Crippen molar-refractivity contribution in [2.75, 3.05) is 13.2 Å². The summed E-state index contributed by atoms with van der Waals surface area (Å²) in [6, 6.07) is 8.25. The highest BCUT2D eigenvalue weighted by Crippen LogP contribution is 2.01. The smallest absolute Gasteiger partial charge is 0.360 e. The van der Waals surface area contributed by atoms with Crippen LogP contribution in [-0.2, 0) is 4.65 Å². The van der Waals surface area contributed by atoms with E-state index in [1.54, 1.807) is 0 Å². The molecule has 2 nitrogen and oxygen atoms in total. The van der Waals surface area contributed by atoms with Gasteiger partial charge in [-0.1, -0.05) is 24.3 Å². The van der Waals surface area contributed by atoms with Crippen LogP contribution in [0.15, 0.2) is 24.3 Å². The van der Waals surface area contributed by atoms with Crippen LogP contribution in [0.2, 0.25) is 0 Å². The van der Waals surface area contributed by atoms with Crippen molar-refractivity contribution in [1.82, 2.24) is 0 Å². The van der Waals surface area contributed by atoms with Crippen molar-refractivity contribution in [3.63, 3.8) is 0 Å². The molecule has 0 saturated heterocycles. The molecule has 1 aliphatic rings. The van der Waals surface area contributed by atoms with Crippen LogP contribution >= 0.6 is 0 Å². The second-order valence-electron chi connectivity index (χ2n) is 2.67. The Morgan fingerprint density at radius 2 is 1.91 bits per heavy atom. The van der Waals surface area contributed by atoms with Gasteiger partial charge < -0.3 is 10.4 Å². The second-order valence-corrected chi connectivity index (χ2v) is 2.67. The van der Waals surface area contributed by atoms with E-state index in [1.807, 2.05) is 12.1 Å². The largest absolute Gasteiger partial charge is 0.426 e. The van der Waals surface area contributed by atoms with Crippen LogP contribution in [0.25, 0.3) is 0 Å². The molecular weight excluding hydrogens is 137 g/mol. The second kappa shape index (κ2) is 2.68. The molecule has 0 fully saturated rings. The van der Waals surface area contributed by atoms with Gasteiger partial charge in [0.1, 0.15) is 0 Å². The molecule has 0 spiro atoms. The van der Waals surface area contributed by atoms with Gasteiger partial charge >= 0.3 is 6.92 Å². The third-order valence-corrected chi connectivity index (χ3v) is 1.88. The normalized spacial score (nSPS) is 13.0. The maximum atomic E-state index is 5.45. The van der Waals surface area contributed by atoms with Gasteiger partial charge in [0.2, 0.25) is 0 Å². The molecule has 1 aromatic carbocycles. The number of rotatable bonds is 3. The minimum absolute atomic E-state index is 0.258. The molecule has 1 aliphatic heterocycles. The number of fused-ring (bicyclic) bond motifs is 1. The maximum Gasteiger partial charge on any atom is 0.360 e. The monoisotopic (exact) mass is 147 g/mol. The molecule has 3 heteroatoms. The lowest BCUT2D eigenvalue weighted by atomic mass is 9.87. The van der Waals surface area contributed by atoms with E-state index in [9.17, 15) is 0 Å². The Kier molecular flexibility index (Phi) is 1.68. The first-order valence-corrected chi connectivity index (χ1v) is 3.84. The molecule has 2 rings (SSSR count). The summed E-state index contributed by atoms with van der Waals surface area (Å²) in [7, 11) is 0. The first-order chi connectivity index (χ1) is 5.43. The molecule has 56 valence electrons. The predicted octanol–water partition coefficient (Wildman–Crippen LogP) is -0.919. The SMILES string of the molecule is NCCOB1c2ccccc21. The quantitative estimate of drug-likeness (QED) is 0.561. The van der Waals surface area contributed by atoms with Crippen LogP contribution in [0.1, 0.15) is 0 Å². The molecule has 1 heterocycles. The highest BCUT2D eigenvalue weighted by molar-refractivity contribution is 6.97. The van der Waals surface area contributed by atoms with Crippen molar-refractivity contribution in [3.05, 3.63) is 24.3 Å². The first-order valence-electron chi connectivity index (χ1n) is 3.84. The van der Waals surface area contributed by atoms with Gasteiger partial charge in [-0.3, -0.25) is 0 Å². The van der Waals surface area contributed by atoms with Crippen LogP contribution in [0.5, 0.6) is 0 Å². The first kappa shape index (κ1) is 6.89. The van der Waals surface area contributed by atoms with E-state index in [-0.39, 0.29) is 6.92 Å². The van der Waals surface area contributed by atoms with E-state index in [0.29, 0.717) is 13.2 Å². The highest BCUT2D eigenvalue weighted by atomic mass is 16.4. The van der Waals surface area contributed by atoms with Crippen LogP contribution in [0, 0.1) is 0 Å². The van der Waals surface area contributed by atoms with E-state index in [0.717, 1.165) is 0 Å². The van der Waals surface area contributed by atoms with Crippen molar-refractivity contribution in [3.8, 4) is 0 Å². The Labute approximate surface area is 66.5 Å². The van der Waals surface area contributed by atoms with Crippen LogP contribution in [0.4, 0.5) is 0 Å². The predicted molar refractivity (Wildman–Crippen MR) is 46.5 cm³/mol. The zero-order chi connectivity index (χ0) is 7.68. The molecule has 0 unspecified atom stereocenters. The summed E-state index contributed by atoms with van der Waals surface area (Å²) in [5, 5.41) is 0. The maximum absolute atomic E-state index is 5.45. The van der Waals surface area contributed by atoms with Gasteiger partial charge in [-0.2, -0.15) is 0 Å². The van der Waals surface area contributed by atoms with Gasteiger partial charge in [0.25, 0.3) is 0 Å². The summed E-state index contributed by atoms with van der Waals surface area (Å²) in [5.41, 5.74) is 7.96. The molecule has 0 saturated carbocycles. The lowest BCUT2D eigenvalue weighted by Crippen LogP contribution is -2.17. The van der Waals surface area contributed by atoms with Crippen molar-refractivity contribution in [2.24, 2.45) is 5.73 Å². The van der Waals surface area contributed by atoms with Crippen molar-refractivity contribution < 1.29 is 4.65 Å². The fourth-order valence-corrected chi connectivity index (χ4v) is 1.28. The summed E-state index contributed by atoms with van der Waals surface area (Å²) < 4.78 is 5.45. The van der Waals surface area contributed by atoms with Crippen LogP contribution in [-0.4, -0.2) is 20.1 Å². The molecule has 2 N–H and O–H groups in total. The van der Waals surface area contributed by atoms with Crippen LogP contribution < -0.4 is 16.7 Å². The zero-order valence-electron chi connectivity index (χ0n) is 6.29. The molecule has 0 radical (unpaired) electrons. The zero-order valence-corrected chi connectivity index (χ0v) is 6.29. The average molecular weight is 147 g/mol. The van der Waals surface area contributed by atoms with Gasteiger partial charge in [0.05, 0.1) is 0 Å². The summed E-state index contributed by atoms with van der Waals surface area (Å²) in [5.74, 6) is 0. The molecule has 0 atom stereocenters. The molecule has 1 aromatic rings. The third-order valence-electron chi connectivity index (χ3n) is 1.88. The lowest BCUT2D eigenvalue weighted by Gasteiger charge is -1.94. The topological polar surface area (TPSA) is 35.2 Å². The van der Waals surface area contributed by atoms with Gasteiger partial charge in [-0.15, -0.1) is 0 Å². The van der Waals surface area contributed by atoms with E-state index < -0.39 is 0 Å². The summed E-state index contributed by atoms with van der Waals surface area (Å²) >= 11 is 0. The van der Waals surface area contributed by atoms with Crippen molar-refractivity contribution in [1.29, 1.82) is 0 Å². The molecule has 0 amide bonds. The van der Waals surface area contributed by atoms with E-state index in [2.05, 4.69) is 12.1 Å². The molecule has 0 aromatic heterocycles. The minimum Gasteiger partial charge on any atom is -0.426 e. The molecular formula is C8H10BNO. The van der Waals surface area contributed by atoms with Gasteiger partial charge in [0.15, 0.2) is 0 Å². The third kappa shape index (κ3) is 1.17. The Morgan fingerprint density at radius 3 is 2.45 bits per heavy atom. The number of hydrogen-bond donors (Lipinski definition) is 1. The average Bonchev–Trinajstić information content (AvgIpc) is 2.75. The van der Waals surface area contributed by atoms with Gasteiger partial charge in [0, 0.05) is 13.2 Å². The minimum atomic E-state index is 0.258. The summed E-state index contributed by atoms with van der Waals surface area (Å²) in [4.78, 5) is 0. The molecule has 0 bridgehead atoms. The highest BCUT2D eigenvalue weighted by Gasteiger charge is 2.38. The van der Waals surface area contributed by atoms with E-state index in [4.69, 9.17) is 10.4 Å². The van der Waals surface area contributed by atoms with Crippen molar-refractivity contribution >= 4 is 17.8 Å². The van der Waals surface area contributed by atoms with Gasteiger partial charge in [-0.05, 0) is 10.9 Å². The lowest BCUT2D eigenvalue weighted by molar-refractivity contribution is 0.349. The van der Waals surface area contributed by atoms with E-state index >= 15 is 0 Å². The number of benzene rings is 1. The van der Waals surface area contributed by atoms with Crippen molar-refractivity contribution in [2.45, 2.75) is 0 Å². The Morgan fingerprint density at radius 1 is 1.27 bits per heavy atom. The molecule has 0 aliphatic carbocycles. The van der Waals surface area contributed by atoms with Crippen LogP contribution in [0.3, 0.4) is 0 Å². The molecule has 11 heavy (non-hydrogen) atoms. The fourth-order valence-electron chi connectivity index (χ4n) is 1.28. The standard InChI is InChI=1S/C8H10BNO/c10-5-6-11-9-7-3-1-2-4-8(7)9/h1-4H,5-6,10H2. The Hall–Kier alpha value is -0.795. The number of hydrogen-bond acceptors (Lipinski definition) is 2. The number of nitrogens with two attached hydrogens (primary N) is 1. The summed E-state index contributed by atoms with van der Waals surface area (Å²) in [6.45, 7) is 1.51. The Bertz CT molecular complexity index is 241. The Balaban J connectivity index is 1.96.